The van der Waals surface area contributed by atoms with E-state index in [1.54, 1.807) is 34.9 Å². The van der Waals surface area contributed by atoms with Gasteiger partial charge >= 0.3 is 0 Å². The average molecular weight is 454 g/mol. The number of hydrogen-bond donors (Lipinski definition) is 1. The van der Waals surface area contributed by atoms with E-state index in [-0.39, 0.29) is 17.2 Å². The van der Waals surface area contributed by atoms with Gasteiger partial charge in [-0.2, -0.15) is 0 Å². The number of amides is 1. The van der Waals surface area contributed by atoms with Crippen LogP contribution in [0.25, 0.3) is 16.6 Å². The molecule has 0 saturated carbocycles. The summed E-state index contributed by atoms with van der Waals surface area (Å²) in [6.45, 7) is 0.639. The maximum Gasteiger partial charge on any atom is 0.266 e. The number of benzene rings is 2. The van der Waals surface area contributed by atoms with Gasteiger partial charge in [0.05, 0.1) is 22.3 Å². The van der Waals surface area contributed by atoms with Crippen molar-refractivity contribution >= 4 is 40.2 Å². The van der Waals surface area contributed by atoms with Crippen molar-refractivity contribution < 1.29 is 4.79 Å². The van der Waals surface area contributed by atoms with Gasteiger partial charge in [-0.1, -0.05) is 47.1 Å². The lowest BCUT2D eigenvalue weighted by molar-refractivity contribution is -0.118. The number of carbonyl (C=O) groups excluding carboxylic acids is 1. The van der Waals surface area contributed by atoms with Gasteiger partial charge < -0.3 is 5.32 Å². The SMILES string of the molecule is O=C(CSc1nc2ccccc2c(=O)n1-c1ccc(Cl)cc1)NCCC1=CCCCC1. The number of nitrogens with zero attached hydrogens (tertiary/aromatic N) is 2. The van der Waals surface area contributed by atoms with Crippen molar-refractivity contribution in [2.45, 2.75) is 37.3 Å². The summed E-state index contributed by atoms with van der Waals surface area (Å²) >= 11 is 7.28. The molecule has 0 saturated heterocycles. The number of hydrogen-bond acceptors (Lipinski definition) is 4. The first-order valence-corrected chi connectivity index (χ1v) is 11.8. The Morgan fingerprint density at radius 1 is 1.13 bits per heavy atom. The molecule has 3 aromatic rings. The van der Waals surface area contributed by atoms with Crippen molar-refractivity contribution in [1.29, 1.82) is 0 Å². The molecule has 0 fully saturated rings. The van der Waals surface area contributed by atoms with Crippen molar-refractivity contribution in [1.82, 2.24) is 14.9 Å². The number of nitrogens with one attached hydrogen (secondary N) is 1. The van der Waals surface area contributed by atoms with Crippen LogP contribution in [0.1, 0.15) is 32.1 Å². The largest absolute Gasteiger partial charge is 0.355 e. The smallest absolute Gasteiger partial charge is 0.266 e. The van der Waals surface area contributed by atoms with Crippen molar-refractivity contribution in [3.63, 3.8) is 0 Å². The lowest BCUT2D eigenvalue weighted by Crippen LogP contribution is -2.27. The molecule has 0 unspecified atom stereocenters. The Bertz CT molecular complexity index is 1170. The molecule has 1 amide bonds. The van der Waals surface area contributed by atoms with Crippen molar-refractivity contribution in [3.05, 3.63) is 75.6 Å². The third-order valence-corrected chi connectivity index (χ3v) is 6.51. The molecule has 1 aliphatic rings. The maximum absolute atomic E-state index is 13.2. The fraction of sp³-hybridized carbons (Fsp3) is 0.292. The number of fused-ring (bicyclic) bond motifs is 1. The highest BCUT2D eigenvalue weighted by atomic mass is 35.5. The van der Waals surface area contributed by atoms with E-state index in [9.17, 15) is 9.59 Å². The summed E-state index contributed by atoms with van der Waals surface area (Å²) in [5, 5.41) is 4.59. The minimum absolute atomic E-state index is 0.0635. The van der Waals surface area contributed by atoms with Gasteiger partial charge in [0.1, 0.15) is 0 Å². The zero-order chi connectivity index (χ0) is 21.6. The van der Waals surface area contributed by atoms with Gasteiger partial charge in [0.25, 0.3) is 5.56 Å². The normalized spacial score (nSPS) is 13.8. The van der Waals surface area contributed by atoms with E-state index >= 15 is 0 Å². The molecule has 0 bridgehead atoms. The molecule has 1 N–H and O–H groups in total. The summed E-state index contributed by atoms with van der Waals surface area (Å²) in [4.78, 5) is 30.3. The van der Waals surface area contributed by atoms with Crippen LogP contribution >= 0.6 is 23.4 Å². The molecule has 1 aliphatic carbocycles. The number of aromatic nitrogens is 2. The summed E-state index contributed by atoms with van der Waals surface area (Å²) in [5.41, 5.74) is 2.55. The Morgan fingerprint density at radius 2 is 1.94 bits per heavy atom. The van der Waals surface area contributed by atoms with Crippen LogP contribution in [0.3, 0.4) is 0 Å². The molecule has 1 heterocycles. The molecular weight excluding hydrogens is 430 g/mol. The van der Waals surface area contributed by atoms with Crippen LogP contribution in [0, 0.1) is 0 Å². The third kappa shape index (κ3) is 5.38. The van der Waals surface area contributed by atoms with Gasteiger partial charge in [-0.3, -0.25) is 14.2 Å². The molecule has 1 aromatic heterocycles. The number of carbonyl (C=O) groups is 1. The van der Waals surface area contributed by atoms with Gasteiger partial charge in [0.15, 0.2) is 5.16 Å². The molecule has 5 nitrogen and oxygen atoms in total. The van der Waals surface area contributed by atoms with Crippen molar-refractivity contribution in [2.24, 2.45) is 0 Å². The van der Waals surface area contributed by atoms with Gasteiger partial charge in [-0.25, -0.2) is 4.98 Å². The van der Waals surface area contributed by atoms with E-state index in [0.29, 0.717) is 33.3 Å². The minimum Gasteiger partial charge on any atom is -0.355 e. The summed E-state index contributed by atoms with van der Waals surface area (Å²) in [6, 6.07) is 14.3. The van der Waals surface area contributed by atoms with Crippen LogP contribution < -0.4 is 10.9 Å². The van der Waals surface area contributed by atoms with Crippen LogP contribution in [-0.4, -0.2) is 27.8 Å². The highest BCUT2D eigenvalue weighted by molar-refractivity contribution is 7.99. The van der Waals surface area contributed by atoms with Crippen LogP contribution in [0.15, 0.2) is 70.1 Å². The maximum atomic E-state index is 13.2. The topological polar surface area (TPSA) is 64.0 Å². The minimum atomic E-state index is -0.167. The molecule has 4 rings (SSSR count). The second-order valence-electron chi connectivity index (χ2n) is 7.53. The quantitative estimate of drug-likeness (QED) is 0.305. The first kappa shape index (κ1) is 21.7. The van der Waals surface area contributed by atoms with E-state index in [1.165, 1.54) is 30.2 Å². The third-order valence-electron chi connectivity index (χ3n) is 5.32. The number of allylic oxidation sites excluding steroid dienone is 1. The number of halogens is 1. The first-order valence-electron chi connectivity index (χ1n) is 10.5. The summed E-state index contributed by atoms with van der Waals surface area (Å²) < 4.78 is 1.55. The van der Waals surface area contributed by atoms with E-state index in [4.69, 9.17) is 11.6 Å². The fourth-order valence-corrected chi connectivity index (χ4v) is 4.67. The zero-order valence-electron chi connectivity index (χ0n) is 17.1. The molecule has 0 spiro atoms. The standard InChI is InChI=1S/C24H24ClN3O2S/c25-18-10-12-19(13-11-18)28-23(30)20-8-4-5-9-21(20)27-24(28)31-16-22(29)26-15-14-17-6-2-1-3-7-17/h4-6,8-13H,1-3,7,14-16H2,(H,26,29). The van der Waals surface area contributed by atoms with Gasteiger partial charge in [0, 0.05) is 11.6 Å². The lowest BCUT2D eigenvalue weighted by Gasteiger charge is -2.14. The van der Waals surface area contributed by atoms with E-state index in [1.807, 2.05) is 18.2 Å². The van der Waals surface area contributed by atoms with Crippen LogP contribution in [0.2, 0.25) is 5.02 Å². The molecule has 31 heavy (non-hydrogen) atoms. The molecule has 160 valence electrons. The van der Waals surface area contributed by atoms with Crippen LogP contribution in [0.4, 0.5) is 0 Å². The number of rotatable bonds is 7. The number of thioether (sulfide) groups is 1. The lowest BCUT2D eigenvalue weighted by atomic mass is 9.97. The molecule has 0 aliphatic heterocycles. The Hall–Kier alpha value is -2.57. The van der Waals surface area contributed by atoms with Crippen molar-refractivity contribution in [3.8, 4) is 5.69 Å². The predicted octanol–water partition coefficient (Wildman–Crippen LogP) is 5.14. The second kappa shape index (κ2) is 10.2. The van der Waals surface area contributed by atoms with Crippen LogP contribution in [-0.2, 0) is 4.79 Å². The predicted molar refractivity (Wildman–Crippen MR) is 127 cm³/mol. The van der Waals surface area contributed by atoms with E-state index in [0.717, 1.165) is 19.3 Å². The van der Waals surface area contributed by atoms with Gasteiger partial charge in [-0.15, -0.1) is 0 Å². The van der Waals surface area contributed by atoms with Crippen LogP contribution in [0.5, 0.6) is 0 Å². The zero-order valence-corrected chi connectivity index (χ0v) is 18.7. The average Bonchev–Trinajstić information content (AvgIpc) is 2.79. The highest BCUT2D eigenvalue weighted by Crippen LogP contribution is 2.23. The van der Waals surface area contributed by atoms with Gasteiger partial charge in [-0.05, 0) is 68.5 Å². The summed E-state index contributed by atoms with van der Waals surface area (Å²) in [5.74, 6) is 0.128. The molecule has 7 heteroatoms. The van der Waals surface area contributed by atoms with Gasteiger partial charge in [0.2, 0.25) is 5.91 Å². The van der Waals surface area contributed by atoms with E-state index in [2.05, 4.69) is 16.4 Å². The highest BCUT2D eigenvalue weighted by Gasteiger charge is 2.15. The Balaban J connectivity index is 1.51. The van der Waals surface area contributed by atoms with Crippen molar-refractivity contribution in [2.75, 3.05) is 12.3 Å². The monoisotopic (exact) mass is 453 g/mol. The summed E-state index contributed by atoms with van der Waals surface area (Å²) in [6.07, 6.45) is 7.99. The molecule has 0 radical (unpaired) electrons. The van der Waals surface area contributed by atoms with E-state index < -0.39 is 0 Å². The summed E-state index contributed by atoms with van der Waals surface area (Å²) in [7, 11) is 0. The fourth-order valence-electron chi connectivity index (χ4n) is 3.70. The molecular formula is C24H24ClN3O2S. The Labute approximate surface area is 190 Å². The Kier molecular flexibility index (Phi) is 7.10. The molecule has 0 atom stereocenters. The molecule has 2 aromatic carbocycles. The number of para-hydroxylation sites is 1. The Morgan fingerprint density at radius 3 is 2.71 bits per heavy atom. The second-order valence-corrected chi connectivity index (χ2v) is 8.90. The first-order chi connectivity index (χ1) is 15.1.